The second-order valence-electron chi connectivity index (χ2n) is 3.68. The number of aromatic carboxylic acids is 1. The molecule has 1 aromatic rings. The molecule has 0 saturated heterocycles. The predicted octanol–water partition coefficient (Wildman–Crippen LogP) is 1.83. The third-order valence-electron chi connectivity index (χ3n) is 2.38. The lowest BCUT2D eigenvalue weighted by Crippen LogP contribution is -2.11. The van der Waals surface area contributed by atoms with Crippen molar-refractivity contribution in [2.45, 2.75) is 32.2 Å². The molecule has 0 aromatic carbocycles. The molecule has 0 spiro atoms. The van der Waals surface area contributed by atoms with Crippen LogP contribution in [-0.4, -0.2) is 22.6 Å². The van der Waals surface area contributed by atoms with Crippen LogP contribution in [-0.2, 0) is 6.54 Å². The summed E-state index contributed by atoms with van der Waals surface area (Å²) < 4.78 is 0. The average molecular weight is 226 g/mol. The SMILES string of the molecule is CCNCc1nc(C2CC2)c(C(=O)O)s1. The Hall–Kier alpha value is -0.940. The van der Waals surface area contributed by atoms with E-state index in [-0.39, 0.29) is 0 Å². The Kier molecular flexibility index (Phi) is 3.02. The van der Waals surface area contributed by atoms with Gasteiger partial charge in [0, 0.05) is 12.5 Å². The largest absolute Gasteiger partial charge is 0.477 e. The Balaban J connectivity index is 2.19. The van der Waals surface area contributed by atoms with Gasteiger partial charge in [-0.05, 0) is 19.4 Å². The number of nitrogens with one attached hydrogen (secondary N) is 1. The normalized spacial score (nSPS) is 15.5. The summed E-state index contributed by atoms with van der Waals surface area (Å²) in [5.74, 6) is -0.431. The molecule has 4 nitrogen and oxygen atoms in total. The first-order valence-electron chi connectivity index (χ1n) is 5.16. The molecule has 0 amide bonds. The van der Waals surface area contributed by atoms with Crippen LogP contribution in [0.3, 0.4) is 0 Å². The first-order chi connectivity index (χ1) is 7.22. The van der Waals surface area contributed by atoms with Crippen LogP contribution in [0.4, 0.5) is 0 Å². The molecule has 0 unspecified atom stereocenters. The number of rotatable bonds is 5. The Bertz CT molecular complexity index is 371. The van der Waals surface area contributed by atoms with Gasteiger partial charge >= 0.3 is 5.97 Å². The number of carbonyl (C=O) groups is 1. The van der Waals surface area contributed by atoms with E-state index < -0.39 is 5.97 Å². The fourth-order valence-corrected chi connectivity index (χ4v) is 2.43. The third kappa shape index (κ3) is 2.35. The van der Waals surface area contributed by atoms with E-state index in [1.54, 1.807) is 0 Å². The van der Waals surface area contributed by atoms with Crippen molar-refractivity contribution < 1.29 is 9.90 Å². The highest BCUT2D eigenvalue weighted by molar-refractivity contribution is 7.13. The maximum atomic E-state index is 11.0. The standard InChI is InChI=1S/C10H14N2O2S/c1-2-11-5-7-12-8(6-3-4-6)9(15-7)10(13)14/h6,11H,2-5H2,1H3,(H,13,14). The summed E-state index contributed by atoms with van der Waals surface area (Å²) in [6.45, 7) is 3.57. The molecule has 0 aliphatic heterocycles. The van der Waals surface area contributed by atoms with Gasteiger partial charge in [-0.15, -0.1) is 11.3 Å². The van der Waals surface area contributed by atoms with Crippen LogP contribution >= 0.6 is 11.3 Å². The monoisotopic (exact) mass is 226 g/mol. The number of thiazole rings is 1. The van der Waals surface area contributed by atoms with Crippen molar-refractivity contribution in [1.82, 2.24) is 10.3 Å². The maximum Gasteiger partial charge on any atom is 0.347 e. The zero-order valence-electron chi connectivity index (χ0n) is 8.62. The van der Waals surface area contributed by atoms with E-state index in [9.17, 15) is 4.79 Å². The Morgan fingerprint density at radius 3 is 2.93 bits per heavy atom. The van der Waals surface area contributed by atoms with E-state index in [4.69, 9.17) is 5.11 Å². The lowest BCUT2D eigenvalue weighted by Gasteiger charge is -1.94. The highest BCUT2D eigenvalue weighted by Crippen LogP contribution is 2.42. The van der Waals surface area contributed by atoms with Gasteiger partial charge in [0.1, 0.15) is 9.88 Å². The Morgan fingerprint density at radius 1 is 1.67 bits per heavy atom. The molecule has 1 aliphatic carbocycles. The van der Waals surface area contributed by atoms with Crippen molar-refractivity contribution in [2.24, 2.45) is 0 Å². The molecule has 1 aliphatic rings. The van der Waals surface area contributed by atoms with Crippen LogP contribution in [0.25, 0.3) is 0 Å². The van der Waals surface area contributed by atoms with Gasteiger partial charge in [-0.1, -0.05) is 6.92 Å². The molecule has 0 bridgehead atoms. The summed E-state index contributed by atoms with van der Waals surface area (Å²) >= 11 is 1.30. The second kappa shape index (κ2) is 4.28. The van der Waals surface area contributed by atoms with Gasteiger partial charge in [0.15, 0.2) is 0 Å². The first kappa shape index (κ1) is 10.6. The number of carboxylic acid groups (broad SMARTS) is 1. The molecular formula is C10H14N2O2S. The zero-order valence-corrected chi connectivity index (χ0v) is 9.43. The number of nitrogens with zero attached hydrogens (tertiary/aromatic N) is 1. The molecule has 0 atom stereocenters. The summed E-state index contributed by atoms with van der Waals surface area (Å²) in [4.78, 5) is 15.8. The molecule has 1 fully saturated rings. The van der Waals surface area contributed by atoms with Crippen molar-refractivity contribution in [1.29, 1.82) is 0 Å². The van der Waals surface area contributed by atoms with Gasteiger partial charge < -0.3 is 10.4 Å². The number of aromatic nitrogens is 1. The topological polar surface area (TPSA) is 62.2 Å². The van der Waals surface area contributed by atoms with E-state index in [1.165, 1.54) is 11.3 Å². The van der Waals surface area contributed by atoms with Gasteiger partial charge in [-0.25, -0.2) is 9.78 Å². The summed E-state index contributed by atoms with van der Waals surface area (Å²) in [6.07, 6.45) is 2.18. The molecule has 2 rings (SSSR count). The minimum Gasteiger partial charge on any atom is -0.477 e. The van der Waals surface area contributed by atoms with Crippen molar-refractivity contribution in [2.75, 3.05) is 6.54 Å². The second-order valence-corrected chi connectivity index (χ2v) is 4.77. The molecule has 82 valence electrons. The molecular weight excluding hydrogens is 212 g/mol. The lowest BCUT2D eigenvalue weighted by atomic mass is 10.2. The quantitative estimate of drug-likeness (QED) is 0.804. The first-order valence-corrected chi connectivity index (χ1v) is 5.97. The molecule has 5 heteroatoms. The summed E-state index contributed by atoms with van der Waals surface area (Å²) in [7, 11) is 0. The van der Waals surface area contributed by atoms with Gasteiger partial charge in [-0.2, -0.15) is 0 Å². The van der Waals surface area contributed by atoms with Crippen LogP contribution in [0.15, 0.2) is 0 Å². The fourth-order valence-electron chi connectivity index (χ4n) is 1.47. The summed E-state index contributed by atoms with van der Waals surface area (Å²) in [6, 6.07) is 0. The number of hydrogen-bond donors (Lipinski definition) is 2. The summed E-state index contributed by atoms with van der Waals surface area (Å²) in [5, 5.41) is 13.1. The van der Waals surface area contributed by atoms with Gasteiger partial charge in [-0.3, -0.25) is 0 Å². The van der Waals surface area contributed by atoms with Gasteiger partial charge in [0.05, 0.1) is 5.69 Å². The van der Waals surface area contributed by atoms with Gasteiger partial charge in [0.25, 0.3) is 0 Å². The average Bonchev–Trinajstić information content (AvgIpc) is 2.95. The molecule has 0 radical (unpaired) electrons. The smallest absolute Gasteiger partial charge is 0.347 e. The molecule has 2 N–H and O–H groups in total. The highest BCUT2D eigenvalue weighted by Gasteiger charge is 2.31. The maximum absolute atomic E-state index is 11.0. The Morgan fingerprint density at radius 2 is 2.40 bits per heavy atom. The van der Waals surface area contributed by atoms with Crippen molar-refractivity contribution in [3.8, 4) is 0 Å². The lowest BCUT2D eigenvalue weighted by molar-refractivity contribution is 0.0700. The van der Waals surface area contributed by atoms with Crippen LogP contribution in [0.5, 0.6) is 0 Å². The highest BCUT2D eigenvalue weighted by atomic mass is 32.1. The fraction of sp³-hybridized carbons (Fsp3) is 0.600. The van der Waals surface area contributed by atoms with E-state index in [0.29, 0.717) is 17.3 Å². The van der Waals surface area contributed by atoms with E-state index in [1.807, 2.05) is 6.92 Å². The van der Waals surface area contributed by atoms with Crippen LogP contribution in [0.2, 0.25) is 0 Å². The molecule has 1 heterocycles. The van der Waals surface area contributed by atoms with Crippen molar-refractivity contribution >= 4 is 17.3 Å². The molecule has 1 aromatic heterocycles. The zero-order chi connectivity index (χ0) is 10.8. The Labute approximate surface area is 92.3 Å². The molecule has 1 saturated carbocycles. The number of hydrogen-bond acceptors (Lipinski definition) is 4. The third-order valence-corrected chi connectivity index (χ3v) is 3.44. The van der Waals surface area contributed by atoms with Crippen LogP contribution in [0, 0.1) is 0 Å². The number of carboxylic acids is 1. The predicted molar refractivity (Wildman–Crippen MR) is 58.4 cm³/mol. The minimum atomic E-state index is -0.836. The summed E-state index contributed by atoms with van der Waals surface area (Å²) in [5.41, 5.74) is 0.806. The van der Waals surface area contributed by atoms with Crippen molar-refractivity contribution in [3.63, 3.8) is 0 Å². The molecule has 15 heavy (non-hydrogen) atoms. The van der Waals surface area contributed by atoms with E-state index >= 15 is 0 Å². The van der Waals surface area contributed by atoms with Crippen LogP contribution < -0.4 is 5.32 Å². The van der Waals surface area contributed by atoms with Crippen LogP contribution in [0.1, 0.15) is 46.1 Å². The van der Waals surface area contributed by atoms with Crippen molar-refractivity contribution in [3.05, 3.63) is 15.6 Å². The van der Waals surface area contributed by atoms with E-state index in [2.05, 4.69) is 10.3 Å². The van der Waals surface area contributed by atoms with E-state index in [0.717, 1.165) is 30.1 Å². The van der Waals surface area contributed by atoms with Gasteiger partial charge in [0.2, 0.25) is 0 Å². The minimum absolute atomic E-state index is 0.405.